The zero-order valence-corrected chi connectivity index (χ0v) is 40.6. The van der Waals surface area contributed by atoms with Gasteiger partial charge in [-0.1, -0.05) is 64.5 Å². The predicted molar refractivity (Wildman–Crippen MR) is 249 cm³/mol. The Labute approximate surface area is 384 Å². The zero-order valence-electron chi connectivity index (χ0n) is 37.3. The summed E-state index contributed by atoms with van der Waals surface area (Å²) in [7, 11) is -15.0. The number of nitrogens with zero attached hydrogens (tertiary/aromatic N) is 3. The number of aliphatic imine (C=N–C) groups is 1. The lowest BCUT2D eigenvalue weighted by atomic mass is 9.74. The maximum Gasteiger partial charge on any atom is 0.425 e. The van der Waals surface area contributed by atoms with Gasteiger partial charge in [-0.05, 0) is 87.6 Å². The standard InChI is InChI=1S/C44H53N3O8S2.2O3S.H2/c1-9-11-24-47-33-21-19-29-18-20-30(57(53,54)55)26-31(29)37(33)44(8,22-15-25-56(50,51)52)36(47)17-14-12-13-16-35-43(6,7)39-34(46(35)23-10-2)27-32(41(48)49)38-40(39)45-28(3)42(38,4)5;2*1-4(2)3;/h12-14,16-21,26-27H,9-11,15,22-25H2,1-8H3,(H2-,48,49,50,51,52,53,54,55);;;1H/p+1. The van der Waals surface area contributed by atoms with Gasteiger partial charge in [0.25, 0.3) is 20.2 Å². The molecule has 65 heavy (non-hydrogen) atoms. The molecule has 3 aliphatic heterocycles. The Morgan fingerprint density at radius 3 is 2.00 bits per heavy atom. The van der Waals surface area contributed by atoms with Gasteiger partial charge in [-0.15, -0.1) is 25.3 Å². The highest BCUT2D eigenvalue weighted by Gasteiger charge is 2.51. The Kier molecular flexibility index (Phi) is 16.2. The average molecular weight is 979 g/mol. The summed E-state index contributed by atoms with van der Waals surface area (Å²) >= 11 is 0. The second-order valence-corrected chi connectivity index (χ2v) is 20.9. The van der Waals surface area contributed by atoms with E-state index in [4.69, 9.17) is 30.2 Å². The molecule has 0 radical (unpaired) electrons. The molecule has 0 saturated carbocycles. The first-order chi connectivity index (χ1) is 30.1. The van der Waals surface area contributed by atoms with Gasteiger partial charge in [0.1, 0.15) is 6.54 Å². The minimum absolute atomic E-state index is 0. The molecule has 21 heteroatoms. The van der Waals surface area contributed by atoms with Gasteiger partial charge in [0, 0.05) is 60.0 Å². The van der Waals surface area contributed by atoms with Gasteiger partial charge in [-0.25, -0.2) is 4.79 Å². The molecule has 0 amide bonds. The van der Waals surface area contributed by atoms with Crippen LogP contribution in [0.1, 0.15) is 116 Å². The van der Waals surface area contributed by atoms with Gasteiger partial charge in [0.15, 0.2) is 5.71 Å². The normalized spacial score (nSPS) is 18.8. The smallest absolute Gasteiger partial charge is 0.425 e. The highest BCUT2D eigenvalue weighted by Crippen LogP contribution is 2.55. The quantitative estimate of drug-likeness (QED) is 0.0805. The molecule has 0 aromatic heterocycles. The third-order valence-corrected chi connectivity index (χ3v) is 13.8. The van der Waals surface area contributed by atoms with Crippen LogP contribution < -0.4 is 4.90 Å². The minimum atomic E-state index is -4.50. The number of benzene rings is 3. The first-order valence-corrected chi connectivity index (χ1v) is 25.6. The van der Waals surface area contributed by atoms with Crippen molar-refractivity contribution in [1.82, 2.24) is 0 Å². The molecular weight excluding hydrogens is 923 g/mol. The highest BCUT2D eigenvalue weighted by molar-refractivity contribution is 7.86. The number of hydrogen-bond donors (Lipinski definition) is 3. The summed E-state index contributed by atoms with van der Waals surface area (Å²) in [5.41, 5.74) is 6.35. The van der Waals surface area contributed by atoms with Crippen LogP contribution in [0.3, 0.4) is 0 Å². The van der Waals surface area contributed by atoms with E-state index in [2.05, 4.69) is 43.2 Å². The molecule has 3 heterocycles. The molecule has 3 aromatic carbocycles. The average Bonchev–Trinajstić information content (AvgIpc) is 3.65. The first kappa shape index (κ1) is 52.4. The fourth-order valence-corrected chi connectivity index (χ4v) is 10.1. The van der Waals surface area contributed by atoms with Gasteiger partial charge in [0.05, 0.1) is 32.9 Å². The fourth-order valence-electron chi connectivity index (χ4n) is 9.10. The molecule has 17 nitrogen and oxygen atoms in total. The van der Waals surface area contributed by atoms with E-state index < -0.39 is 69.4 Å². The first-order valence-electron chi connectivity index (χ1n) is 20.6. The third kappa shape index (κ3) is 11.3. The summed E-state index contributed by atoms with van der Waals surface area (Å²) in [5, 5.41) is 11.8. The lowest BCUT2D eigenvalue weighted by molar-refractivity contribution is -0.437. The topological polar surface area (TPSA) is 267 Å². The Balaban J connectivity index is 0.00000119. The van der Waals surface area contributed by atoms with E-state index in [1.807, 2.05) is 70.2 Å². The van der Waals surface area contributed by atoms with E-state index in [-0.39, 0.29) is 18.3 Å². The monoisotopic (exact) mass is 978 g/mol. The molecule has 0 saturated heterocycles. The minimum Gasteiger partial charge on any atom is -0.478 e. The van der Waals surface area contributed by atoms with Crippen molar-refractivity contribution in [1.29, 1.82) is 0 Å². The van der Waals surface area contributed by atoms with Crippen molar-refractivity contribution in [3.05, 3.63) is 94.7 Å². The van der Waals surface area contributed by atoms with Crippen LogP contribution in [-0.4, -0.2) is 97.1 Å². The summed E-state index contributed by atoms with van der Waals surface area (Å²) in [6, 6.07) is 10.3. The Bertz CT molecular complexity index is 3010. The number of unbranched alkanes of at least 4 members (excludes halogenated alkanes) is 1. The molecular formula is C44H56N3O14S4+. The van der Waals surface area contributed by atoms with Crippen LogP contribution in [-0.2, 0) is 57.7 Å². The van der Waals surface area contributed by atoms with Crippen LogP contribution in [0.4, 0.5) is 17.1 Å². The molecule has 0 spiro atoms. The van der Waals surface area contributed by atoms with Crippen molar-refractivity contribution in [2.45, 2.75) is 109 Å². The molecule has 1 atom stereocenters. The SMILES string of the molecule is CCCCN1C(=CC=CC=CC2=[N+](CCC)c3cc(C(=O)O)c4c(c3C2(C)C)N=C(C)C4(C)C)C(C)(CCCS(=O)(=O)O)c2c1ccc1ccc(S(=O)(=O)O)cc21.O=S(=O)=O.O=S(=O)=O.[HH]. The van der Waals surface area contributed by atoms with E-state index in [0.717, 1.165) is 75.5 Å². The van der Waals surface area contributed by atoms with Crippen LogP contribution in [0.2, 0.25) is 0 Å². The number of aromatic carboxylic acids is 1. The highest BCUT2D eigenvalue weighted by atomic mass is 32.2. The van der Waals surface area contributed by atoms with Crippen molar-refractivity contribution < 1.29 is 67.1 Å². The van der Waals surface area contributed by atoms with Gasteiger partial charge >= 0.3 is 27.2 Å². The Hall–Kier alpha value is -5.19. The fraction of sp³-hybridized carbons (Fsp3) is 0.432. The number of carboxylic acids is 1. The summed E-state index contributed by atoms with van der Waals surface area (Å²) in [6.45, 7) is 17.9. The van der Waals surface area contributed by atoms with Crippen LogP contribution in [0.25, 0.3) is 10.8 Å². The Morgan fingerprint density at radius 1 is 0.831 bits per heavy atom. The molecule has 0 bridgehead atoms. The maximum atomic E-state index is 12.7. The van der Waals surface area contributed by atoms with Crippen molar-refractivity contribution in [2.75, 3.05) is 23.7 Å². The third-order valence-electron chi connectivity index (χ3n) is 12.1. The van der Waals surface area contributed by atoms with E-state index in [0.29, 0.717) is 24.9 Å². The van der Waals surface area contributed by atoms with Gasteiger partial charge in [-0.3, -0.25) is 14.1 Å². The zero-order chi connectivity index (χ0) is 49.0. The number of hydrogen-bond acceptors (Lipinski definition) is 13. The van der Waals surface area contributed by atoms with Crippen LogP contribution in [0, 0.1) is 0 Å². The van der Waals surface area contributed by atoms with E-state index >= 15 is 0 Å². The van der Waals surface area contributed by atoms with Crippen molar-refractivity contribution in [2.24, 2.45) is 4.99 Å². The summed E-state index contributed by atoms with van der Waals surface area (Å²) in [4.78, 5) is 19.6. The number of allylic oxidation sites excluding steroid dienone is 6. The molecule has 3 aromatic rings. The molecule has 0 fully saturated rings. The maximum absolute atomic E-state index is 12.7. The predicted octanol–water partition coefficient (Wildman–Crippen LogP) is 7.43. The van der Waals surface area contributed by atoms with Crippen molar-refractivity contribution >= 4 is 86.7 Å². The van der Waals surface area contributed by atoms with E-state index in [9.17, 15) is 35.8 Å². The molecule has 354 valence electrons. The molecule has 3 N–H and O–H groups in total. The summed E-state index contributed by atoms with van der Waals surface area (Å²) in [6.07, 6.45) is 13.1. The van der Waals surface area contributed by atoms with Crippen LogP contribution in [0.15, 0.2) is 82.4 Å². The summed E-state index contributed by atoms with van der Waals surface area (Å²) in [5.74, 6) is -1.40. The largest absolute Gasteiger partial charge is 0.478 e. The lowest BCUT2D eigenvalue weighted by Crippen LogP contribution is -2.30. The molecule has 3 aliphatic rings. The number of carbonyl (C=O) groups is 1. The number of rotatable bonds is 14. The van der Waals surface area contributed by atoms with Gasteiger partial charge < -0.3 is 10.0 Å². The van der Waals surface area contributed by atoms with Gasteiger partial charge in [-0.2, -0.15) is 21.4 Å². The van der Waals surface area contributed by atoms with Crippen molar-refractivity contribution in [3.63, 3.8) is 0 Å². The summed E-state index contributed by atoms with van der Waals surface area (Å²) < 4.78 is 121. The number of carboxylic acid groups (broad SMARTS) is 1. The second-order valence-electron chi connectivity index (χ2n) is 17.1. The van der Waals surface area contributed by atoms with E-state index in [1.165, 1.54) is 12.1 Å². The molecule has 6 rings (SSSR count). The number of anilines is 1. The lowest BCUT2D eigenvalue weighted by Gasteiger charge is -2.31. The Morgan fingerprint density at radius 2 is 1.45 bits per heavy atom. The van der Waals surface area contributed by atoms with Crippen molar-refractivity contribution in [3.8, 4) is 0 Å². The van der Waals surface area contributed by atoms with Gasteiger partial charge in [0.2, 0.25) is 5.69 Å². The molecule has 1 unspecified atom stereocenters. The number of fused-ring (bicyclic) bond motifs is 6. The van der Waals surface area contributed by atoms with Crippen LogP contribution >= 0.6 is 0 Å². The second kappa shape index (κ2) is 20.1. The van der Waals surface area contributed by atoms with E-state index in [1.54, 1.807) is 6.07 Å². The van der Waals surface area contributed by atoms with Crippen LogP contribution in [0.5, 0.6) is 0 Å². The molecule has 0 aliphatic carbocycles.